The number of carbonyl (C=O) groups excluding carboxylic acids is 4. The van der Waals surface area contributed by atoms with Crippen molar-refractivity contribution in [2.24, 2.45) is 41.4 Å². The summed E-state index contributed by atoms with van der Waals surface area (Å²) in [5.41, 5.74) is 2.82. The van der Waals surface area contributed by atoms with E-state index in [4.69, 9.17) is 19.3 Å². The Morgan fingerprint density at radius 1 is 0.706 bits per heavy atom. The molecular formula is C58H105NO9. The predicted molar refractivity (Wildman–Crippen MR) is 279 cm³/mol. The van der Waals surface area contributed by atoms with E-state index < -0.39 is 5.79 Å². The minimum absolute atomic E-state index is 0.0941. The Kier molecular flexibility index (Phi) is 35.0. The Morgan fingerprint density at radius 3 is 1.88 bits per heavy atom. The van der Waals surface area contributed by atoms with Crippen molar-refractivity contribution < 1.29 is 43.6 Å². The number of rotatable bonds is 27. The molecule has 8 atom stereocenters. The first-order chi connectivity index (χ1) is 32.6. The normalized spacial score (nSPS) is 25.2. The van der Waals surface area contributed by atoms with Gasteiger partial charge in [-0.25, -0.2) is 0 Å². The Bertz CT molecular complexity index is 1430. The maximum atomic E-state index is 12.2. The van der Waals surface area contributed by atoms with Gasteiger partial charge in [0.2, 0.25) is 5.91 Å². The summed E-state index contributed by atoms with van der Waals surface area (Å²) in [5.74, 6) is 2.90. The molecule has 0 aromatic carbocycles. The number of Topliss-reactive ketones (excluding diaryl/α,β-unsaturated/α-hetero) is 2. The molecule has 0 spiro atoms. The number of ether oxygens (including phenoxy) is 3. The number of carbonyl (C=O) groups is 4. The Hall–Kier alpha value is -2.40. The molecule has 4 aliphatic carbocycles. The lowest BCUT2D eigenvalue weighted by molar-refractivity contribution is -0.233. The highest BCUT2D eigenvalue weighted by molar-refractivity contribution is 5.85. The molecule has 0 bridgehead atoms. The number of ketones is 2. The molecule has 0 aromatic heterocycles. The maximum absolute atomic E-state index is 12.2. The third kappa shape index (κ3) is 23.7. The van der Waals surface area contributed by atoms with Gasteiger partial charge in [0, 0.05) is 83.8 Å². The number of nitrogens with zero attached hydrogens (tertiary/aromatic N) is 1. The van der Waals surface area contributed by atoms with Crippen molar-refractivity contribution >= 4 is 23.4 Å². The number of aliphatic hydroxyl groups is 2. The van der Waals surface area contributed by atoms with Crippen LogP contribution in [0.2, 0.25) is 0 Å². The van der Waals surface area contributed by atoms with Crippen LogP contribution in [0.15, 0.2) is 23.3 Å². The molecule has 8 unspecified atom stereocenters. The Morgan fingerprint density at radius 2 is 1.34 bits per heavy atom. The molecule has 68 heavy (non-hydrogen) atoms. The SMILES string of the molecule is CC(C)=CCC/C(C)=C/CC1CCCC1=O.CCCCCC1C(=O)CCC1CC(=O)N(CC)CC.CCCCCC1C(CC(=O)OC)CCC1(OC)OC.CCCCCC1C(O)CCC1CCO. The summed E-state index contributed by atoms with van der Waals surface area (Å²) in [5, 5.41) is 18.7. The molecule has 10 nitrogen and oxygen atoms in total. The van der Waals surface area contributed by atoms with Crippen molar-refractivity contribution in [3.8, 4) is 0 Å². The summed E-state index contributed by atoms with van der Waals surface area (Å²) in [6.45, 7) is 18.9. The second kappa shape index (κ2) is 37.4. The summed E-state index contributed by atoms with van der Waals surface area (Å²) < 4.78 is 16.1. The van der Waals surface area contributed by atoms with Crippen LogP contribution < -0.4 is 0 Å². The first kappa shape index (κ1) is 63.6. The van der Waals surface area contributed by atoms with Gasteiger partial charge in [-0.05, 0) is 142 Å². The second-order valence-corrected chi connectivity index (χ2v) is 20.8. The molecule has 1 amide bonds. The van der Waals surface area contributed by atoms with Crippen molar-refractivity contribution in [2.45, 2.75) is 241 Å². The average Bonchev–Trinajstić information content (AvgIpc) is 4.10. The number of amides is 1. The van der Waals surface area contributed by atoms with Crippen LogP contribution in [0.25, 0.3) is 0 Å². The molecule has 4 fully saturated rings. The molecule has 10 heteroatoms. The highest BCUT2D eigenvalue weighted by atomic mass is 16.7. The fourth-order valence-corrected chi connectivity index (χ4v) is 11.4. The number of hydrogen-bond acceptors (Lipinski definition) is 9. The minimum Gasteiger partial charge on any atom is -0.469 e. The van der Waals surface area contributed by atoms with E-state index in [2.05, 4.69) is 53.7 Å². The van der Waals surface area contributed by atoms with Gasteiger partial charge in [0.1, 0.15) is 11.6 Å². The van der Waals surface area contributed by atoms with Gasteiger partial charge < -0.3 is 29.3 Å². The molecule has 4 saturated carbocycles. The number of methoxy groups -OCH3 is 3. The summed E-state index contributed by atoms with van der Waals surface area (Å²) in [6.07, 6.45) is 32.2. The van der Waals surface area contributed by atoms with Crippen LogP contribution in [0.3, 0.4) is 0 Å². The summed E-state index contributed by atoms with van der Waals surface area (Å²) in [4.78, 5) is 49.0. The average molecular weight is 960 g/mol. The molecule has 0 saturated heterocycles. The molecule has 0 aromatic rings. The van der Waals surface area contributed by atoms with E-state index in [9.17, 15) is 24.3 Å². The number of hydrogen-bond donors (Lipinski definition) is 2. The third-order valence-corrected chi connectivity index (χ3v) is 15.7. The van der Waals surface area contributed by atoms with Crippen molar-refractivity contribution in [3.63, 3.8) is 0 Å². The third-order valence-electron chi connectivity index (χ3n) is 15.7. The predicted octanol–water partition coefficient (Wildman–Crippen LogP) is 13.3. The Labute approximate surface area is 416 Å². The quantitative estimate of drug-likeness (QED) is 0.0356. The molecule has 0 radical (unpaired) electrons. The van der Waals surface area contributed by atoms with E-state index in [-0.39, 0.29) is 36.4 Å². The topological polar surface area (TPSA) is 140 Å². The zero-order valence-corrected chi connectivity index (χ0v) is 45.7. The highest BCUT2D eigenvalue weighted by Crippen LogP contribution is 2.47. The molecule has 0 heterocycles. The van der Waals surface area contributed by atoms with Crippen molar-refractivity contribution in [2.75, 3.05) is 41.0 Å². The zero-order chi connectivity index (χ0) is 50.9. The first-order valence-corrected chi connectivity index (χ1v) is 27.7. The standard InChI is InChI=1S/C16H29NO2.C15H28O4.C15H24O.C12H24O2/c1-4-7-8-9-14-13(10-11-15(14)18)12-16(19)17(5-2)6-3;1-5-6-7-8-13-12(11-14(16)17-2)9-10-15(13,18-3)19-4;1-12(2)6-4-7-13(3)10-11-14-8-5-9-15(14)16;1-2-3-4-5-11-10(8-9-13)6-7-12(11)14/h13-14H,4-12H2,1-3H3;12-13H,5-11H2,1-4H3;6,10,14H,4-5,7-9,11H2,1-3H3;10-14H,2-9H2,1H3/b;;13-10+;. The fraction of sp³-hybridized carbons (Fsp3) is 0.862. The monoisotopic (exact) mass is 960 g/mol. The van der Waals surface area contributed by atoms with Gasteiger partial charge in [-0.1, -0.05) is 102 Å². The van der Waals surface area contributed by atoms with Crippen LogP contribution >= 0.6 is 0 Å². The van der Waals surface area contributed by atoms with Gasteiger partial charge in [-0.3, -0.25) is 19.2 Å². The largest absolute Gasteiger partial charge is 0.469 e. The molecule has 4 aliphatic rings. The smallest absolute Gasteiger partial charge is 0.305 e. The van der Waals surface area contributed by atoms with Crippen LogP contribution in [-0.4, -0.2) is 91.5 Å². The highest BCUT2D eigenvalue weighted by Gasteiger charge is 2.49. The number of esters is 1. The van der Waals surface area contributed by atoms with Crippen LogP contribution in [0.4, 0.5) is 0 Å². The molecule has 396 valence electrons. The molecule has 4 rings (SSSR count). The minimum atomic E-state index is -0.508. The fourth-order valence-electron chi connectivity index (χ4n) is 11.4. The lowest BCUT2D eigenvalue weighted by Gasteiger charge is -2.35. The van der Waals surface area contributed by atoms with Gasteiger partial charge in [0.15, 0.2) is 5.79 Å². The van der Waals surface area contributed by atoms with Crippen LogP contribution in [0, 0.1) is 41.4 Å². The van der Waals surface area contributed by atoms with E-state index in [1.807, 2.05) is 18.7 Å². The van der Waals surface area contributed by atoms with E-state index in [0.29, 0.717) is 60.4 Å². The van der Waals surface area contributed by atoms with Crippen molar-refractivity contribution in [1.82, 2.24) is 4.90 Å². The molecular weight excluding hydrogens is 855 g/mol. The van der Waals surface area contributed by atoms with E-state index in [1.165, 1.54) is 63.2 Å². The lowest BCUT2D eigenvalue weighted by Crippen LogP contribution is -2.40. The first-order valence-electron chi connectivity index (χ1n) is 27.7. The van der Waals surface area contributed by atoms with Crippen molar-refractivity contribution in [1.29, 1.82) is 0 Å². The molecule has 0 aliphatic heterocycles. The number of allylic oxidation sites excluding steroid dienone is 4. The second-order valence-electron chi connectivity index (χ2n) is 20.8. The van der Waals surface area contributed by atoms with Gasteiger partial charge in [-0.2, -0.15) is 0 Å². The van der Waals surface area contributed by atoms with Crippen LogP contribution in [0.1, 0.15) is 229 Å². The molecule has 2 N–H and O–H groups in total. The van der Waals surface area contributed by atoms with Crippen LogP contribution in [-0.2, 0) is 33.4 Å². The van der Waals surface area contributed by atoms with Gasteiger partial charge in [0.05, 0.1) is 13.2 Å². The maximum Gasteiger partial charge on any atom is 0.305 e. The van der Waals surface area contributed by atoms with Crippen molar-refractivity contribution in [3.05, 3.63) is 23.3 Å². The number of aliphatic hydroxyl groups excluding tert-OH is 2. The summed E-state index contributed by atoms with van der Waals surface area (Å²) in [7, 11) is 4.86. The summed E-state index contributed by atoms with van der Waals surface area (Å²) >= 11 is 0. The lowest BCUT2D eigenvalue weighted by atomic mass is 9.85. The Balaban J connectivity index is 0.000000456. The van der Waals surface area contributed by atoms with E-state index in [1.54, 1.807) is 14.2 Å². The zero-order valence-electron chi connectivity index (χ0n) is 45.7. The van der Waals surface area contributed by atoms with Gasteiger partial charge >= 0.3 is 5.97 Å². The van der Waals surface area contributed by atoms with Crippen LogP contribution in [0.5, 0.6) is 0 Å². The van der Waals surface area contributed by atoms with E-state index >= 15 is 0 Å². The van der Waals surface area contributed by atoms with Gasteiger partial charge in [-0.15, -0.1) is 0 Å². The van der Waals surface area contributed by atoms with E-state index in [0.717, 1.165) is 122 Å². The number of unbranched alkanes of at least 4 members (excludes halogenated alkanes) is 6. The van der Waals surface area contributed by atoms with Gasteiger partial charge in [0.25, 0.3) is 0 Å². The summed E-state index contributed by atoms with van der Waals surface area (Å²) in [6, 6.07) is 0.